The number of hydrogen-bond donors (Lipinski definition) is 0. The van der Waals surface area contributed by atoms with Gasteiger partial charge in [-0.05, 0) is 37.1 Å². The first-order chi connectivity index (χ1) is 15.3. The van der Waals surface area contributed by atoms with Crippen LogP contribution in [0.3, 0.4) is 0 Å². The van der Waals surface area contributed by atoms with Gasteiger partial charge in [-0.1, -0.05) is 23.7 Å². The monoisotopic (exact) mass is 466 g/mol. The summed E-state index contributed by atoms with van der Waals surface area (Å²) < 4.78 is 34.9. The van der Waals surface area contributed by atoms with Crippen molar-refractivity contribution < 1.29 is 37.7 Å². The van der Waals surface area contributed by atoms with Gasteiger partial charge in [-0.15, -0.1) is 0 Å². The molecule has 9 heteroatoms. The molecule has 0 saturated carbocycles. The maximum atomic E-state index is 14.5. The van der Waals surface area contributed by atoms with Gasteiger partial charge >= 0.3 is 11.9 Å². The van der Waals surface area contributed by atoms with E-state index in [9.17, 15) is 18.8 Å². The number of benzene rings is 2. The Labute approximate surface area is 190 Å². The summed E-state index contributed by atoms with van der Waals surface area (Å²) in [4.78, 5) is 38.0. The van der Waals surface area contributed by atoms with E-state index in [1.807, 2.05) is 0 Å². The molecule has 0 N–H and O–H groups in total. The zero-order valence-corrected chi connectivity index (χ0v) is 19.0. The van der Waals surface area contributed by atoms with Crippen molar-refractivity contribution in [2.24, 2.45) is 5.92 Å². The quantitative estimate of drug-likeness (QED) is 0.297. The Morgan fingerprint density at radius 1 is 0.938 bits per heavy atom. The van der Waals surface area contributed by atoms with E-state index in [2.05, 4.69) is 0 Å². The van der Waals surface area contributed by atoms with Crippen molar-refractivity contribution in [3.8, 4) is 11.5 Å². The molecule has 0 unspecified atom stereocenters. The van der Waals surface area contributed by atoms with Gasteiger partial charge in [0.15, 0.2) is 5.78 Å². The average Bonchev–Trinajstić information content (AvgIpc) is 2.77. The summed E-state index contributed by atoms with van der Waals surface area (Å²) >= 11 is 5.87. The lowest BCUT2D eigenvalue weighted by Gasteiger charge is -2.18. The van der Waals surface area contributed by atoms with Gasteiger partial charge in [0, 0.05) is 12.5 Å². The van der Waals surface area contributed by atoms with Crippen LogP contribution in [0, 0.1) is 11.7 Å². The van der Waals surface area contributed by atoms with Gasteiger partial charge in [0.1, 0.15) is 17.3 Å². The number of rotatable bonds is 10. The third-order valence-electron chi connectivity index (χ3n) is 4.59. The summed E-state index contributed by atoms with van der Waals surface area (Å²) in [5, 5.41) is -0.0454. The highest BCUT2D eigenvalue weighted by atomic mass is 35.5. The molecule has 7 nitrogen and oxygen atoms in total. The molecule has 0 heterocycles. The van der Waals surface area contributed by atoms with Crippen LogP contribution in [-0.4, -0.2) is 45.2 Å². The molecule has 0 aliphatic carbocycles. The van der Waals surface area contributed by atoms with Crippen LogP contribution < -0.4 is 9.47 Å². The van der Waals surface area contributed by atoms with Crippen molar-refractivity contribution in [1.82, 2.24) is 0 Å². The van der Waals surface area contributed by atoms with E-state index in [1.54, 1.807) is 26.0 Å². The van der Waals surface area contributed by atoms with Crippen molar-refractivity contribution in [3.63, 3.8) is 0 Å². The second-order valence-corrected chi connectivity index (χ2v) is 6.96. The van der Waals surface area contributed by atoms with Gasteiger partial charge in [0.25, 0.3) is 0 Å². The standard InChI is InChI=1S/C23H24ClFO7/c1-5-31-22(27)19(23(28)32-6-2)21(26)15-11-14(17(29-3)12-18(15)30-4)10-13-8-7-9-16(24)20(13)25/h7-9,11-12,19H,5-6,10H2,1-4H3. The number of carbonyl (C=O) groups is 3. The van der Waals surface area contributed by atoms with Crippen LogP contribution in [-0.2, 0) is 25.5 Å². The van der Waals surface area contributed by atoms with Gasteiger partial charge in [0.05, 0.1) is 38.0 Å². The van der Waals surface area contributed by atoms with Crippen LogP contribution >= 0.6 is 11.6 Å². The number of esters is 2. The van der Waals surface area contributed by atoms with E-state index in [0.29, 0.717) is 11.3 Å². The number of ether oxygens (including phenoxy) is 4. The van der Waals surface area contributed by atoms with Crippen LogP contribution in [0.25, 0.3) is 0 Å². The summed E-state index contributed by atoms with van der Waals surface area (Å²) in [7, 11) is 2.74. The zero-order chi connectivity index (χ0) is 23.8. The minimum Gasteiger partial charge on any atom is -0.496 e. The minimum atomic E-state index is -1.83. The fraction of sp³-hybridized carbons (Fsp3) is 0.348. The van der Waals surface area contributed by atoms with Crippen molar-refractivity contribution in [2.75, 3.05) is 27.4 Å². The van der Waals surface area contributed by atoms with Crippen LogP contribution in [0.5, 0.6) is 11.5 Å². The van der Waals surface area contributed by atoms with Crippen LogP contribution in [0.2, 0.25) is 5.02 Å². The number of ketones is 1. The summed E-state index contributed by atoms with van der Waals surface area (Å²) in [6.07, 6.45) is 0.0311. The molecule has 0 bridgehead atoms. The maximum Gasteiger partial charge on any atom is 0.328 e. The Kier molecular flexibility index (Phi) is 9.02. The molecule has 2 aromatic carbocycles. The highest BCUT2D eigenvalue weighted by Gasteiger charge is 2.39. The number of halogens is 2. The first kappa shape index (κ1) is 25.1. The lowest BCUT2D eigenvalue weighted by molar-refractivity contribution is -0.158. The molecule has 32 heavy (non-hydrogen) atoms. The third-order valence-corrected chi connectivity index (χ3v) is 4.88. The smallest absolute Gasteiger partial charge is 0.328 e. The molecule has 2 aromatic rings. The summed E-state index contributed by atoms with van der Waals surface area (Å²) in [5.41, 5.74) is 0.618. The topological polar surface area (TPSA) is 88.1 Å². The van der Waals surface area contributed by atoms with E-state index in [1.165, 1.54) is 32.4 Å². The summed E-state index contributed by atoms with van der Waals surface area (Å²) in [5.74, 6) is -4.96. The Balaban J connectivity index is 2.58. The molecule has 0 atom stereocenters. The molecule has 0 spiro atoms. The molecule has 0 aliphatic rings. The SMILES string of the molecule is CCOC(=O)C(C(=O)OCC)C(=O)c1cc(Cc2cccc(Cl)c2F)c(OC)cc1OC. The lowest BCUT2D eigenvalue weighted by atomic mass is 9.93. The zero-order valence-electron chi connectivity index (χ0n) is 18.2. The Bertz CT molecular complexity index is 988. The number of carbonyl (C=O) groups excluding carboxylic acids is 3. The van der Waals surface area contributed by atoms with E-state index >= 15 is 0 Å². The van der Waals surface area contributed by atoms with E-state index in [0.717, 1.165) is 0 Å². The first-order valence-corrected chi connectivity index (χ1v) is 10.2. The Hall–Kier alpha value is -3.13. The van der Waals surface area contributed by atoms with Crippen LogP contribution in [0.4, 0.5) is 4.39 Å². The van der Waals surface area contributed by atoms with Gasteiger partial charge < -0.3 is 18.9 Å². The second kappa shape index (κ2) is 11.5. The number of Topliss-reactive ketones (excluding diaryl/α,β-unsaturated/α-hetero) is 1. The summed E-state index contributed by atoms with van der Waals surface area (Å²) in [6, 6.07) is 7.39. The van der Waals surface area contributed by atoms with E-state index in [-0.39, 0.29) is 41.5 Å². The fourth-order valence-corrected chi connectivity index (χ4v) is 3.30. The first-order valence-electron chi connectivity index (χ1n) is 9.84. The minimum absolute atomic E-state index is 0.0267. The van der Waals surface area contributed by atoms with Crippen molar-refractivity contribution in [3.05, 3.63) is 57.9 Å². The maximum absolute atomic E-state index is 14.5. The van der Waals surface area contributed by atoms with Gasteiger partial charge in [-0.2, -0.15) is 0 Å². The largest absolute Gasteiger partial charge is 0.496 e. The molecule has 0 aromatic heterocycles. The summed E-state index contributed by atoms with van der Waals surface area (Å²) in [6.45, 7) is 3.05. The molecular weight excluding hydrogens is 443 g/mol. The van der Waals surface area contributed by atoms with Crippen LogP contribution in [0.1, 0.15) is 35.3 Å². The molecule has 172 valence electrons. The predicted molar refractivity (Wildman–Crippen MR) is 115 cm³/mol. The van der Waals surface area contributed by atoms with Crippen molar-refractivity contribution in [2.45, 2.75) is 20.3 Å². The fourth-order valence-electron chi connectivity index (χ4n) is 3.10. The highest BCUT2D eigenvalue weighted by Crippen LogP contribution is 2.33. The van der Waals surface area contributed by atoms with Gasteiger partial charge in [0.2, 0.25) is 5.92 Å². The molecular formula is C23H24ClFO7. The molecule has 0 amide bonds. The Morgan fingerprint density at radius 3 is 2.06 bits per heavy atom. The third kappa shape index (κ3) is 5.56. The lowest BCUT2D eigenvalue weighted by Crippen LogP contribution is -2.35. The van der Waals surface area contributed by atoms with Gasteiger partial charge in [-0.25, -0.2) is 4.39 Å². The molecule has 0 saturated heterocycles. The van der Waals surface area contributed by atoms with Crippen molar-refractivity contribution in [1.29, 1.82) is 0 Å². The van der Waals surface area contributed by atoms with Crippen LogP contribution in [0.15, 0.2) is 30.3 Å². The number of hydrogen-bond acceptors (Lipinski definition) is 7. The van der Waals surface area contributed by atoms with E-state index in [4.69, 9.17) is 30.5 Å². The normalized spacial score (nSPS) is 10.6. The predicted octanol–water partition coefficient (Wildman–Crippen LogP) is 4.01. The van der Waals surface area contributed by atoms with E-state index < -0.39 is 29.5 Å². The molecule has 0 aliphatic heterocycles. The molecule has 2 rings (SSSR count). The Morgan fingerprint density at radius 2 is 1.53 bits per heavy atom. The molecule has 0 radical (unpaired) electrons. The second-order valence-electron chi connectivity index (χ2n) is 6.56. The molecule has 0 fully saturated rings. The highest BCUT2D eigenvalue weighted by molar-refractivity contribution is 6.30. The number of methoxy groups -OCH3 is 2. The van der Waals surface area contributed by atoms with Gasteiger partial charge in [-0.3, -0.25) is 14.4 Å². The van der Waals surface area contributed by atoms with Crippen molar-refractivity contribution >= 4 is 29.3 Å². The average molecular weight is 467 g/mol.